The van der Waals surface area contributed by atoms with Crippen LogP contribution in [0.2, 0.25) is 0 Å². The van der Waals surface area contributed by atoms with Crippen molar-refractivity contribution < 1.29 is 19.1 Å². The molecule has 1 aliphatic carbocycles. The summed E-state index contributed by atoms with van der Waals surface area (Å²) in [7, 11) is 0. The summed E-state index contributed by atoms with van der Waals surface area (Å²) in [6.07, 6.45) is 3.79. The van der Waals surface area contributed by atoms with Crippen LogP contribution in [-0.2, 0) is 12.1 Å². The van der Waals surface area contributed by atoms with Gasteiger partial charge in [-0.05, 0) is 44.4 Å². The van der Waals surface area contributed by atoms with Crippen LogP contribution in [0.25, 0.3) is 28.1 Å². The number of nitrogens with zero attached hydrogens (tertiary/aromatic N) is 6. The summed E-state index contributed by atoms with van der Waals surface area (Å²) in [6, 6.07) is 4.64. The number of aromatic nitrogens is 5. The monoisotopic (exact) mass is 454 g/mol. The Kier molecular flexibility index (Phi) is 4.61. The second-order valence-electron chi connectivity index (χ2n) is 8.93. The van der Waals surface area contributed by atoms with Crippen molar-refractivity contribution in [2.75, 3.05) is 19.6 Å². The topological polar surface area (TPSA) is 122 Å². The number of para-hydroxylation sites is 1. The van der Waals surface area contributed by atoms with Crippen molar-refractivity contribution in [1.82, 2.24) is 29.0 Å². The van der Waals surface area contributed by atoms with Crippen molar-refractivity contribution in [2.45, 2.75) is 43.9 Å². The summed E-state index contributed by atoms with van der Waals surface area (Å²) in [5, 5.41) is 24.2. The first-order chi connectivity index (χ1) is 15.9. The van der Waals surface area contributed by atoms with Crippen LogP contribution in [-0.4, -0.2) is 64.9 Å². The second kappa shape index (κ2) is 7.44. The molecule has 1 aromatic carbocycles. The fourth-order valence-electron chi connectivity index (χ4n) is 4.62. The molecule has 1 unspecified atom stereocenters. The number of fused-ring (bicyclic) bond motifs is 3. The lowest BCUT2D eigenvalue weighted by atomic mass is 10.1. The zero-order valence-electron chi connectivity index (χ0n) is 17.8. The highest BCUT2D eigenvalue weighted by Crippen LogP contribution is 2.44. The van der Waals surface area contributed by atoms with Gasteiger partial charge in [-0.25, -0.2) is 9.37 Å². The number of imidazole rings is 1. The van der Waals surface area contributed by atoms with Gasteiger partial charge >= 0.3 is 0 Å². The average Bonchev–Trinajstić information content (AvgIpc) is 3.20. The number of rotatable bonds is 5. The Labute approximate surface area is 186 Å². The van der Waals surface area contributed by atoms with Crippen LogP contribution in [0.4, 0.5) is 4.39 Å². The largest absolute Gasteiger partial charge is 0.392 e. The smallest absolute Gasteiger partial charge is 0.277 e. The molecule has 6 rings (SSSR count). The molecule has 33 heavy (non-hydrogen) atoms. The van der Waals surface area contributed by atoms with Gasteiger partial charge in [0.05, 0.1) is 11.6 Å². The van der Waals surface area contributed by atoms with Crippen LogP contribution in [0.5, 0.6) is 0 Å². The average molecular weight is 454 g/mol. The first-order valence-electron chi connectivity index (χ1n) is 11.1. The van der Waals surface area contributed by atoms with E-state index in [1.54, 1.807) is 16.5 Å². The van der Waals surface area contributed by atoms with Gasteiger partial charge in [0, 0.05) is 19.6 Å². The van der Waals surface area contributed by atoms with Gasteiger partial charge in [0.2, 0.25) is 5.82 Å². The fourth-order valence-corrected chi connectivity index (χ4v) is 4.62. The zero-order valence-corrected chi connectivity index (χ0v) is 17.8. The van der Waals surface area contributed by atoms with E-state index >= 15 is 0 Å². The maximum atomic E-state index is 14.9. The van der Waals surface area contributed by atoms with Gasteiger partial charge < -0.3 is 19.3 Å². The van der Waals surface area contributed by atoms with Crippen LogP contribution >= 0.6 is 0 Å². The lowest BCUT2D eigenvalue weighted by molar-refractivity contribution is 0.0689. The molecule has 0 amide bonds. The molecule has 2 fully saturated rings. The Morgan fingerprint density at radius 3 is 2.88 bits per heavy atom. The van der Waals surface area contributed by atoms with Gasteiger partial charge in [-0.2, -0.15) is 4.98 Å². The molecule has 10 nitrogen and oxygen atoms in total. The summed E-state index contributed by atoms with van der Waals surface area (Å²) < 4.78 is 23.1. The Hall–Kier alpha value is -3.15. The van der Waals surface area contributed by atoms with Gasteiger partial charge in [0.15, 0.2) is 0 Å². The molecule has 2 aliphatic rings. The molecule has 172 valence electrons. The number of benzene rings is 1. The Bertz CT molecular complexity index is 1420. The molecule has 0 spiro atoms. The number of likely N-dealkylation sites (tertiary alicyclic amines) is 1. The second-order valence-corrected chi connectivity index (χ2v) is 8.93. The quantitative estimate of drug-likeness (QED) is 0.463. The number of piperidine rings is 1. The standard InChI is InChI=1S/C22H23FN6O4/c23-14-4-1-5-15-17(14)28(10-9-27-8-2-3-13(30)11-27)20(31)18-16(24-12-29(15)18)19-25-21(33-26-19)22(32)6-7-22/h1,4-5,12-13,30,32H,2-3,6-11H2. The number of hydrogen-bond acceptors (Lipinski definition) is 8. The lowest BCUT2D eigenvalue weighted by Crippen LogP contribution is -2.41. The molecule has 1 atom stereocenters. The number of halogens is 1. The molecule has 3 aromatic heterocycles. The highest BCUT2D eigenvalue weighted by molar-refractivity contribution is 5.84. The highest BCUT2D eigenvalue weighted by atomic mass is 19.1. The number of hydrogen-bond donors (Lipinski definition) is 2. The van der Waals surface area contributed by atoms with Crippen molar-refractivity contribution in [3.63, 3.8) is 0 Å². The Morgan fingerprint density at radius 1 is 1.24 bits per heavy atom. The van der Waals surface area contributed by atoms with Crippen LogP contribution in [0.3, 0.4) is 0 Å². The molecule has 1 saturated carbocycles. The molecule has 2 N–H and O–H groups in total. The third-order valence-corrected chi connectivity index (χ3v) is 6.59. The third kappa shape index (κ3) is 3.35. The summed E-state index contributed by atoms with van der Waals surface area (Å²) >= 11 is 0. The minimum absolute atomic E-state index is 0.103. The normalized spacial score (nSPS) is 20.6. The molecular formula is C22H23FN6O4. The van der Waals surface area contributed by atoms with Gasteiger partial charge in [-0.3, -0.25) is 14.1 Å². The molecule has 0 bridgehead atoms. The minimum Gasteiger partial charge on any atom is -0.392 e. The number of β-amino-alcohol motifs (C(OH)–C–C–N with tert-alkyl or cyclic N) is 1. The lowest BCUT2D eigenvalue weighted by Gasteiger charge is -2.30. The molecule has 1 aliphatic heterocycles. The third-order valence-electron chi connectivity index (χ3n) is 6.59. The zero-order chi connectivity index (χ0) is 22.7. The fraction of sp³-hybridized carbons (Fsp3) is 0.455. The predicted molar refractivity (Wildman–Crippen MR) is 115 cm³/mol. The van der Waals surface area contributed by atoms with Gasteiger partial charge in [0.25, 0.3) is 11.4 Å². The summed E-state index contributed by atoms with van der Waals surface area (Å²) in [5.41, 5.74) is -0.414. The van der Waals surface area contributed by atoms with Crippen LogP contribution in [0.1, 0.15) is 31.6 Å². The van der Waals surface area contributed by atoms with E-state index in [1.165, 1.54) is 17.0 Å². The Balaban J connectivity index is 1.48. The van der Waals surface area contributed by atoms with Gasteiger partial charge in [0.1, 0.15) is 34.5 Å². The number of aliphatic hydroxyl groups is 2. The van der Waals surface area contributed by atoms with E-state index in [0.29, 0.717) is 31.4 Å². The van der Waals surface area contributed by atoms with Crippen molar-refractivity contribution in [1.29, 1.82) is 0 Å². The van der Waals surface area contributed by atoms with Gasteiger partial charge in [-0.15, -0.1) is 0 Å². The molecular weight excluding hydrogens is 431 g/mol. The van der Waals surface area contributed by atoms with Crippen LogP contribution in [0, 0.1) is 5.82 Å². The van der Waals surface area contributed by atoms with E-state index in [-0.39, 0.29) is 41.1 Å². The molecule has 4 heterocycles. The highest BCUT2D eigenvalue weighted by Gasteiger charge is 2.48. The molecule has 1 saturated heterocycles. The SMILES string of the molecule is O=c1c2c(-c3noc(C4(O)CC4)n3)ncn2c2cccc(F)c2n1CCN1CCCC(O)C1. The molecule has 0 radical (unpaired) electrons. The summed E-state index contributed by atoms with van der Waals surface area (Å²) in [5.74, 6) is -0.293. The maximum absolute atomic E-state index is 14.9. The van der Waals surface area contributed by atoms with E-state index in [0.717, 1.165) is 19.4 Å². The van der Waals surface area contributed by atoms with Crippen LogP contribution < -0.4 is 5.56 Å². The van der Waals surface area contributed by atoms with Gasteiger partial charge in [-0.1, -0.05) is 11.2 Å². The Morgan fingerprint density at radius 2 is 2.09 bits per heavy atom. The van der Waals surface area contributed by atoms with E-state index in [1.807, 2.05) is 0 Å². The first-order valence-corrected chi connectivity index (χ1v) is 11.1. The van der Waals surface area contributed by atoms with Crippen molar-refractivity contribution >= 4 is 16.6 Å². The number of aliphatic hydroxyl groups excluding tert-OH is 1. The molecule has 4 aromatic rings. The predicted octanol–water partition coefficient (Wildman–Crippen LogP) is 1.28. The van der Waals surface area contributed by atoms with E-state index in [2.05, 4.69) is 20.0 Å². The maximum Gasteiger partial charge on any atom is 0.277 e. The summed E-state index contributed by atoms with van der Waals surface area (Å²) in [4.78, 5) is 24.3. The molecule has 11 heteroatoms. The van der Waals surface area contributed by atoms with E-state index in [9.17, 15) is 19.4 Å². The summed E-state index contributed by atoms with van der Waals surface area (Å²) in [6.45, 7) is 2.10. The van der Waals surface area contributed by atoms with Crippen molar-refractivity contribution in [2.24, 2.45) is 0 Å². The first kappa shape index (κ1) is 20.5. The minimum atomic E-state index is -1.10. The van der Waals surface area contributed by atoms with E-state index in [4.69, 9.17) is 4.52 Å². The van der Waals surface area contributed by atoms with E-state index < -0.39 is 17.0 Å². The van der Waals surface area contributed by atoms with Crippen molar-refractivity contribution in [3.8, 4) is 11.5 Å². The van der Waals surface area contributed by atoms with Crippen LogP contribution in [0.15, 0.2) is 33.8 Å². The van der Waals surface area contributed by atoms with Crippen molar-refractivity contribution in [3.05, 3.63) is 46.6 Å².